The van der Waals surface area contributed by atoms with Crippen LogP contribution in [0.4, 0.5) is 4.39 Å². The molecule has 0 aliphatic heterocycles. The highest BCUT2D eigenvalue weighted by atomic mass is 19.1. The highest BCUT2D eigenvalue weighted by molar-refractivity contribution is 6.21. The fourth-order valence-electron chi connectivity index (χ4n) is 2.47. The van der Waals surface area contributed by atoms with Gasteiger partial charge in [0.05, 0.1) is 7.11 Å². The molecule has 0 atom stereocenters. The SMILES string of the molecule is COC(=O)C(=Cc1ccc(F)cc1)C(=O)C1CCCC1. The van der Waals surface area contributed by atoms with Gasteiger partial charge in [-0.2, -0.15) is 0 Å². The van der Waals surface area contributed by atoms with Crippen molar-refractivity contribution in [3.8, 4) is 0 Å². The summed E-state index contributed by atoms with van der Waals surface area (Å²) in [6.45, 7) is 0. The molecule has 4 heteroatoms. The maximum atomic E-state index is 12.9. The summed E-state index contributed by atoms with van der Waals surface area (Å²) in [6, 6.07) is 5.64. The highest BCUT2D eigenvalue weighted by Gasteiger charge is 2.29. The van der Waals surface area contributed by atoms with Gasteiger partial charge in [0.1, 0.15) is 11.4 Å². The molecular formula is C16H17FO3. The zero-order chi connectivity index (χ0) is 14.5. The van der Waals surface area contributed by atoms with Crippen LogP contribution in [-0.2, 0) is 14.3 Å². The molecule has 0 aromatic heterocycles. The number of rotatable bonds is 4. The Hall–Kier alpha value is -1.97. The van der Waals surface area contributed by atoms with E-state index in [0.717, 1.165) is 25.7 Å². The van der Waals surface area contributed by atoms with Gasteiger partial charge in [-0.1, -0.05) is 25.0 Å². The van der Waals surface area contributed by atoms with E-state index in [-0.39, 0.29) is 23.1 Å². The van der Waals surface area contributed by atoms with Crippen LogP contribution in [0.2, 0.25) is 0 Å². The fourth-order valence-corrected chi connectivity index (χ4v) is 2.47. The van der Waals surface area contributed by atoms with Gasteiger partial charge in [-0.15, -0.1) is 0 Å². The van der Waals surface area contributed by atoms with Crippen LogP contribution in [0.1, 0.15) is 31.2 Å². The van der Waals surface area contributed by atoms with Crippen LogP contribution in [0.25, 0.3) is 6.08 Å². The lowest BCUT2D eigenvalue weighted by atomic mass is 9.94. The largest absolute Gasteiger partial charge is 0.465 e. The summed E-state index contributed by atoms with van der Waals surface area (Å²) in [5, 5.41) is 0. The van der Waals surface area contributed by atoms with Gasteiger partial charge < -0.3 is 4.74 Å². The first-order valence-corrected chi connectivity index (χ1v) is 6.71. The van der Waals surface area contributed by atoms with E-state index in [9.17, 15) is 14.0 Å². The standard InChI is InChI=1S/C16H17FO3/c1-20-16(19)14(15(18)12-4-2-3-5-12)10-11-6-8-13(17)9-7-11/h6-10,12H,2-5H2,1H3. The number of esters is 1. The predicted molar refractivity (Wildman–Crippen MR) is 73.4 cm³/mol. The average Bonchev–Trinajstić information content (AvgIpc) is 2.99. The minimum absolute atomic E-state index is 0.0472. The lowest BCUT2D eigenvalue weighted by Crippen LogP contribution is -2.20. The van der Waals surface area contributed by atoms with E-state index in [4.69, 9.17) is 0 Å². The summed E-state index contributed by atoms with van der Waals surface area (Å²) < 4.78 is 17.6. The molecule has 0 saturated heterocycles. The van der Waals surface area contributed by atoms with Crippen molar-refractivity contribution in [1.82, 2.24) is 0 Å². The third-order valence-electron chi connectivity index (χ3n) is 3.58. The van der Waals surface area contributed by atoms with Gasteiger partial charge in [0.25, 0.3) is 0 Å². The molecule has 0 spiro atoms. The van der Waals surface area contributed by atoms with E-state index in [2.05, 4.69) is 4.74 Å². The number of carbonyl (C=O) groups is 2. The van der Waals surface area contributed by atoms with Gasteiger partial charge in [-0.25, -0.2) is 9.18 Å². The Morgan fingerprint density at radius 1 is 1.20 bits per heavy atom. The topological polar surface area (TPSA) is 43.4 Å². The Kier molecular flexibility index (Phi) is 4.66. The van der Waals surface area contributed by atoms with Crippen LogP contribution >= 0.6 is 0 Å². The Bertz CT molecular complexity index is 525. The quantitative estimate of drug-likeness (QED) is 0.367. The van der Waals surface area contributed by atoms with Crippen LogP contribution in [0.15, 0.2) is 29.8 Å². The van der Waals surface area contributed by atoms with E-state index in [1.807, 2.05) is 0 Å². The first-order chi connectivity index (χ1) is 9.61. The molecule has 3 nitrogen and oxygen atoms in total. The number of benzene rings is 1. The zero-order valence-electron chi connectivity index (χ0n) is 11.4. The molecule has 0 unspecified atom stereocenters. The molecular weight excluding hydrogens is 259 g/mol. The molecule has 1 aliphatic carbocycles. The molecule has 2 rings (SSSR count). The molecule has 0 amide bonds. The maximum Gasteiger partial charge on any atom is 0.341 e. The third kappa shape index (κ3) is 3.32. The number of methoxy groups -OCH3 is 1. The number of Topliss-reactive ketones (excluding diaryl/α,β-unsaturated/α-hetero) is 1. The van der Waals surface area contributed by atoms with E-state index in [0.29, 0.717) is 5.56 Å². The van der Waals surface area contributed by atoms with Crippen molar-refractivity contribution in [2.24, 2.45) is 5.92 Å². The van der Waals surface area contributed by atoms with Gasteiger partial charge in [-0.05, 0) is 36.6 Å². The molecule has 1 aliphatic rings. The number of carbonyl (C=O) groups excluding carboxylic acids is 2. The Balaban J connectivity index is 2.29. The minimum Gasteiger partial charge on any atom is -0.465 e. The molecule has 0 N–H and O–H groups in total. The lowest BCUT2D eigenvalue weighted by Gasteiger charge is -2.10. The Morgan fingerprint density at radius 2 is 1.80 bits per heavy atom. The van der Waals surface area contributed by atoms with Crippen LogP contribution in [0.5, 0.6) is 0 Å². The monoisotopic (exact) mass is 276 g/mol. The predicted octanol–water partition coefficient (Wildman–Crippen LogP) is 3.14. The second-order valence-electron chi connectivity index (χ2n) is 4.95. The lowest BCUT2D eigenvalue weighted by molar-refractivity contribution is -0.138. The fraction of sp³-hybridized carbons (Fsp3) is 0.375. The molecule has 0 heterocycles. The van der Waals surface area contributed by atoms with Crippen molar-refractivity contribution < 1.29 is 18.7 Å². The van der Waals surface area contributed by atoms with Gasteiger partial charge in [0.15, 0.2) is 5.78 Å². The minimum atomic E-state index is -0.633. The molecule has 106 valence electrons. The highest BCUT2D eigenvalue weighted by Crippen LogP contribution is 2.28. The number of ether oxygens (including phenoxy) is 1. The summed E-state index contributed by atoms with van der Waals surface area (Å²) in [4.78, 5) is 24.2. The van der Waals surface area contributed by atoms with Crippen molar-refractivity contribution in [3.05, 3.63) is 41.2 Å². The summed E-state index contributed by atoms with van der Waals surface area (Å²) in [5.41, 5.74) is 0.657. The van der Waals surface area contributed by atoms with E-state index < -0.39 is 5.97 Å². The molecule has 1 aromatic rings. The van der Waals surface area contributed by atoms with Crippen LogP contribution in [0.3, 0.4) is 0 Å². The van der Waals surface area contributed by atoms with Crippen LogP contribution in [-0.4, -0.2) is 18.9 Å². The van der Waals surface area contributed by atoms with Gasteiger partial charge in [-0.3, -0.25) is 4.79 Å². The summed E-state index contributed by atoms with van der Waals surface area (Å²) in [5.74, 6) is -1.26. The van der Waals surface area contributed by atoms with E-state index in [1.54, 1.807) is 0 Å². The summed E-state index contributed by atoms with van der Waals surface area (Å²) >= 11 is 0. The third-order valence-corrected chi connectivity index (χ3v) is 3.58. The Morgan fingerprint density at radius 3 is 2.35 bits per heavy atom. The van der Waals surface area contributed by atoms with Gasteiger partial charge in [0.2, 0.25) is 0 Å². The van der Waals surface area contributed by atoms with Crippen molar-refractivity contribution in [2.45, 2.75) is 25.7 Å². The van der Waals surface area contributed by atoms with Crippen LogP contribution in [0, 0.1) is 11.7 Å². The summed E-state index contributed by atoms with van der Waals surface area (Å²) in [7, 11) is 1.25. The summed E-state index contributed by atoms with van der Waals surface area (Å²) in [6.07, 6.45) is 5.14. The molecule has 1 saturated carbocycles. The average molecular weight is 276 g/mol. The normalized spacial score (nSPS) is 16.2. The first kappa shape index (κ1) is 14.4. The second-order valence-corrected chi connectivity index (χ2v) is 4.95. The van der Waals surface area contributed by atoms with Crippen LogP contribution < -0.4 is 0 Å². The maximum absolute atomic E-state index is 12.9. The van der Waals surface area contributed by atoms with Gasteiger partial charge >= 0.3 is 5.97 Å². The zero-order valence-corrected chi connectivity index (χ0v) is 11.4. The molecule has 0 bridgehead atoms. The first-order valence-electron chi connectivity index (χ1n) is 6.71. The second kappa shape index (κ2) is 6.46. The smallest absolute Gasteiger partial charge is 0.341 e. The van der Waals surface area contributed by atoms with Crippen molar-refractivity contribution in [1.29, 1.82) is 0 Å². The van der Waals surface area contributed by atoms with Crippen molar-refractivity contribution >= 4 is 17.8 Å². The van der Waals surface area contributed by atoms with E-state index in [1.165, 1.54) is 37.5 Å². The van der Waals surface area contributed by atoms with E-state index >= 15 is 0 Å². The number of halogens is 1. The molecule has 20 heavy (non-hydrogen) atoms. The molecule has 1 fully saturated rings. The van der Waals surface area contributed by atoms with Crippen molar-refractivity contribution in [2.75, 3.05) is 7.11 Å². The molecule has 1 aromatic carbocycles. The number of ketones is 1. The Labute approximate surface area is 117 Å². The van der Waals surface area contributed by atoms with Gasteiger partial charge in [0, 0.05) is 5.92 Å². The number of hydrogen-bond acceptors (Lipinski definition) is 3. The number of hydrogen-bond donors (Lipinski definition) is 0. The molecule has 0 radical (unpaired) electrons. The van der Waals surface area contributed by atoms with Crippen molar-refractivity contribution in [3.63, 3.8) is 0 Å².